The third kappa shape index (κ3) is 5.98. The highest BCUT2D eigenvalue weighted by molar-refractivity contribution is 8.43. The predicted octanol–water partition coefficient (Wildman–Crippen LogP) is 9.84. The van der Waals surface area contributed by atoms with Gasteiger partial charge in [0.15, 0.2) is 0 Å². The van der Waals surface area contributed by atoms with E-state index in [9.17, 15) is 4.79 Å². The Kier molecular flexibility index (Phi) is 9.74. The van der Waals surface area contributed by atoms with Crippen LogP contribution in [0.2, 0.25) is 0 Å². The minimum Gasteiger partial charge on any atom is -0.456 e. The van der Waals surface area contributed by atoms with Crippen molar-refractivity contribution in [2.24, 2.45) is 0 Å². The molecule has 0 amide bonds. The molecule has 0 aliphatic carbocycles. The van der Waals surface area contributed by atoms with Gasteiger partial charge in [0.05, 0.1) is 33.9 Å². The molecule has 14 heteroatoms. The highest BCUT2D eigenvalue weighted by Gasteiger charge is 2.31. The molecule has 0 atom stereocenters. The number of carbonyl (C=O) groups excluding carboxylic acids is 1. The Morgan fingerprint density at radius 2 is 1.38 bits per heavy atom. The number of ether oxygens (including phenoxy) is 1. The van der Waals surface area contributed by atoms with Crippen molar-refractivity contribution in [1.82, 2.24) is 0 Å². The van der Waals surface area contributed by atoms with E-state index in [4.69, 9.17) is 4.74 Å². The summed E-state index contributed by atoms with van der Waals surface area (Å²) in [6.45, 7) is 0.339. The van der Waals surface area contributed by atoms with Crippen molar-refractivity contribution in [3.8, 4) is 0 Å². The van der Waals surface area contributed by atoms with Crippen molar-refractivity contribution in [3.63, 3.8) is 0 Å². The molecule has 0 aromatic rings. The first-order valence-corrected chi connectivity index (χ1v) is 20.0. The lowest BCUT2D eigenvalue weighted by Crippen LogP contribution is -2.06. The summed E-state index contributed by atoms with van der Waals surface area (Å²) in [6.07, 6.45) is 4.23. The van der Waals surface area contributed by atoms with Gasteiger partial charge in [-0.2, -0.15) is 0 Å². The summed E-state index contributed by atoms with van der Waals surface area (Å²) < 4.78 is 16.4. The van der Waals surface area contributed by atoms with Crippen molar-refractivity contribution < 1.29 is 9.53 Å². The standard InChI is InChI=1S/C18H14O2S12/c1-21-11-12(22-2)30-18(29-11)16-26-7-9(28-16)10(19)20-5-8-6-25-15(27-8)17-31-13-14(32-17)24-4-3-23-13/h6-7H,3-5H2,1-2H3. The molecule has 0 radical (unpaired) electrons. The maximum Gasteiger partial charge on any atom is 0.345 e. The van der Waals surface area contributed by atoms with Crippen LogP contribution < -0.4 is 0 Å². The summed E-state index contributed by atoms with van der Waals surface area (Å²) in [5.74, 6) is 2.18. The quantitative estimate of drug-likeness (QED) is 0.265. The van der Waals surface area contributed by atoms with E-state index in [0.717, 1.165) is 4.91 Å². The van der Waals surface area contributed by atoms with E-state index >= 15 is 0 Å². The normalized spacial score (nSPS) is 23.4. The van der Waals surface area contributed by atoms with Crippen LogP contribution in [0.1, 0.15) is 0 Å². The minimum absolute atomic E-state index is 0.226. The first kappa shape index (κ1) is 25.7. The number of esters is 1. The van der Waals surface area contributed by atoms with Crippen LogP contribution in [0.25, 0.3) is 0 Å². The summed E-state index contributed by atoms with van der Waals surface area (Å²) in [5.41, 5.74) is 0. The average molecular weight is 647 g/mol. The average Bonchev–Trinajstić information content (AvgIpc) is 3.60. The molecule has 5 aliphatic rings. The fourth-order valence-corrected chi connectivity index (χ4v) is 18.4. The van der Waals surface area contributed by atoms with Crippen LogP contribution >= 0.6 is 141 Å². The molecule has 170 valence electrons. The van der Waals surface area contributed by atoms with Crippen LogP contribution in [0.5, 0.6) is 0 Å². The van der Waals surface area contributed by atoms with Gasteiger partial charge in [0.2, 0.25) is 0 Å². The fraction of sp³-hybridized carbons (Fsp3) is 0.278. The number of hydrogen-bond donors (Lipinski definition) is 0. The van der Waals surface area contributed by atoms with E-state index < -0.39 is 0 Å². The molecule has 0 spiro atoms. The molecule has 5 aliphatic heterocycles. The largest absolute Gasteiger partial charge is 0.456 e. The third-order valence-electron chi connectivity index (χ3n) is 3.87. The molecule has 0 saturated carbocycles. The van der Waals surface area contributed by atoms with Gasteiger partial charge in [0.25, 0.3) is 0 Å². The van der Waals surface area contributed by atoms with Crippen molar-refractivity contribution in [2.75, 3.05) is 30.6 Å². The number of hydrogen-bond acceptors (Lipinski definition) is 14. The van der Waals surface area contributed by atoms with Crippen LogP contribution in [0, 0.1) is 0 Å². The number of carbonyl (C=O) groups is 1. The van der Waals surface area contributed by atoms with Crippen LogP contribution in [0.4, 0.5) is 0 Å². The Bertz CT molecular complexity index is 997. The van der Waals surface area contributed by atoms with Crippen molar-refractivity contribution in [1.29, 1.82) is 0 Å². The second-order valence-corrected chi connectivity index (χ2v) is 19.8. The summed E-state index contributed by atoms with van der Waals surface area (Å²) in [5, 5.41) is 4.06. The molecule has 0 saturated heterocycles. The Morgan fingerprint density at radius 3 is 2.03 bits per heavy atom. The zero-order valence-corrected chi connectivity index (χ0v) is 26.3. The SMILES string of the molecule is CSC1=C(SC)SC(=C2SC=C(C(=O)OCC3=CSC(=C4SC5=C(SCCS5)S4)S3)S2)S1. The fourth-order valence-electron chi connectivity index (χ4n) is 2.49. The highest BCUT2D eigenvalue weighted by atomic mass is 32.3. The van der Waals surface area contributed by atoms with E-state index in [-0.39, 0.29) is 5.97 Å². The second kappa shape index (κ2) is 12.1. The van der Waals surface area contributed by atoms with Gasteiger partial charge < -0.3 is 4.74 Å². The lowest BCUT2D eigenvalue weighted by Gasteiger charge is -2.08. The van der Waals surface area contributed by atoms with Crippen molar-refractivity contribution >= 4 is 147 Å². The monoisotopic (exact) mass is 646 g/mol. The lowest BCUT2D eigenvalue weighted by molar-refractivity contribution is -0.136. The van der Waals surface area contributed by atoms with E-state index in [1.807, 2.05) is 76.0 Å². The summed E-state index contributed by atoms with van der Waals surface area (Å²) in [7, 11) is 0. The van der Waals surface area contributed by atoms with Gasteiger partial charge in [-0.15, -0.1) is 47.0 Å². The maximum atomic E-state index is 12.7. The third-order valence-corrected chi connectivity index (χ3v) is 20.7. The van der Waals surface area contributed by atoms with Gasteiger partial charge in [-0.1, -0.05) is 94.1 Å². The van der Waals surface area contributed by atoms with Gasteiger partial charge >= 0.3 is 5.97 Å². The van der Waals surface area contributed by atoms with E-state index in [0.29, 0.717) is 11.5 Å². The zero-order valence-electron chi connectivity index (χ0n) is 16.5. The zero-order chi connectivity index (χ0) is 22.1. The molecule has 0 fully saturated rings. The first-order chi connectivity index (χ1) is 15.6. The predicted molar refractivity (Wildman–Crippen MR) is 168 cm³/mol. The Morgan fingerprint density at radius 1 is 0.781 bits per heavy atom. The minimum atomic E-state index is -0.226. The summed E-state index contributed by atoms with van der Waals surface area (Å²) in [6, 6.07) is 0. The molecule has 5 heterocycles. The molecule has 0 bridgehead atoms. The van der Waals surface area contributed by atoms with Crippen LogP contribution in [0.3, 0.4) is 0 Å². The van der Waals surface area contributed by atoms with Crippen LogP contribution in [-0.2, 0) is 9.53 Å². The lowest BCUT2D eigenvalue weighted by atomic mass is 10.6. The van der Waals surface area contributed by atoms with E-state index in [1.54, 1.807) is 70.6 Å². The Hall–Kier alpha value is 2.11. The molecule has 0 N–H and O–H groups in total. The first-order valence-electron chi connectivity index (χ1n) is 8.92. The smallest absolute Gasteiger partial charge is 0.345 e. The molecular formula is C18H14O2S12. The van der Waals surface area contributed by atoms with Crippen molar-refractivity contribution in [3.05, 3.63) is 54.5 Å². The van der Waals surface area contributed by atoms with Crippen LogP contribution in [-0.4, -0.2) is 36.6 Å². The summed E-state index contributed by atoms with van der Waals surface area (Å²) >= 11 is 21.6. The molecule has 0 aromatic heterocycles. The van der Waals surface area contributed by atoms with Crippen LogP contribution in [0.15, 0.2) is 54.5 Å². The Balaban J connectivity index is 1.11. The Labute approximate surface area is 239 Å². The number of thioether (sulfide) groups is 12. The molecule has 0 aromatic carbocycles. The summed E-state index contributed by atoms with van der Waals surface area (Å²) in [4.78, 5) is 14.4. The molecule has 2 nitrogen and oxygen atoms in total. The molecule has 0 unspecified atom stereocenters. The van der Waals surface area contributed by atoms with Gasteiger partial charge in [0, 0.05) is 16.4 Å². The number of rotatable bonds is 5. The topological polar surface area (TPSA) is 26.3 Å². The van der Waals surface area contributed by atoms with E-state index in [1.165, 1.54) is 45.4 Å². The highest BCUT2D eigenvalue weighted by Crippen LogP contribution is 2.64. The van der Waals surface area contributed by atoms with E-state index in [2.05, 4.69) is 17.9 Å². The van der Waals surface area contributed by atoms with Gasteiger partial charge in [-0.05, 0) is 23.3 Å². The maximum absolute atomic E-state index is 12.7. The van der Waals surface area contributed by atoms with Gasteiger partial charge in [-0.25, -0.2) is 4.79 Å². The second-order valence-electron chi connectivity index (χ2n) is 5.90. The molecular weight excluding hydrogens is 633 g/mol. The van der Waals surface area contributed by atoms with Gasteiger partial charge in [-0.3, -0.25) is 0 Å². The van der Waals surface area contributed by atoms with Crippen molar-refractivity contribution in [2.45, 2.75) is 0 Å². The molecule has 5 rings (SSSR count). The molecule has 32 heavy (non-hydrogen) atoms. The van der Waals surface area contributed by atoms with Gasteiger partial charge in [0.1, 0.15) is 11.5 Å².